The summed E-state index contributed by atoms with van der Waals surface area (Å²) < 4.78 is 0. The van der Waals surface area contributed by atoms with Crippen LogP contribution in [-0.4, -0.2) is 34.0 Å². The first-order valence-electron chi connectivity index (χ1n) is 5.97. The molecule has 0 aliphatic heterocycles. The van der Waals surface area contributed by atoms with Gasteiger partial charge in [-0.15, -0.1) is 6.58 Å². The molecule has 0 saturated carbocycles. The molecule has 2 N–H and O–H groups in total. The fraction of sp³-hybridized carbons (Fsp3) is 0.308. The number of carboxylic acid groups (broad SMARTS) is 1. The number of rotatable bonds is 9. The van der Waals surface area contributed by atoms with Gasteiger partial charge in [-0.25, -0.2) is 4.79 Å². The lowest BCUT2D eigenvalue weighted by molar-refractivity contribution is -0.385. The normalized spacial score (nSPS) is 10.2. The largest absolute Gasteiger partial charge is 0.477 e. The van der Waals surface area contributed by atoms with Gasteiger partial charge in [-0.2, -0.15) is 11.8 Å². The molecule has 0 atom stereocenters. The molecule has 20 heavy (non-hydrogen) atoms. The van der Waals surface area contributed by atoms with Gasteiger partial charge in [0.2, 0.25) is 0 Å². The Bertz CT molecular complexity index is 505. The first-order valence-corrected chi connectivity index (χ1v) is 7.12. The Hall–Kier alpha value is -1.86. The molecule has 0 aliphatic rings. The van der Waals surface area contributed by atoms with Gasteiger partial charge in [0.1, 0.15) is 5.56 Å². The molecule has 0 radical (unpaired) electrons. The van der Waals surface area contributed by atoms with Crippen molar-refractivity contribution in [1.29, 1.82) is 0 Å². The van der Waals surface area contributed by atoms with Gasteiger partial charge in [0.25, 0.3) is 5.69 Å². The standard InChI is InChI=1S/C13H16N2O4S/c1-2-7-20-8-6-14-9-10-4-3-5-11(15(18)19)12(10)13(16)17/h2-5,14H,1,6-9H2,(H,16,17). The molecule has 0 aromatic heterocycles. The van der Waals surface area contributed by atoms with Crippen LogP contribution in [0.25, 0.3) is 0 Å². The van der Waals surface area contributed by atoms with Crippen molar-refractivity contribution in [3.8, 4) is 0 Å². The Kier molecular flexibility index (Phi) is 6.75. The summed E-state index contributed by atoms with van der Waals surface area (Å²) in [5, 5.41) is 23.0. The molecular weight excluding hydrogens is 280 g/mol. The van der Waals surface area contributed by atoms with Gasteiger partial charge in [0, 0.05) is 30.7 Å². The van der Waals surface area contributed by atoms with Crippen LogP contribution >= 0.6 is 11.8 Å². The van der Waals surface area contributed by atoms with Crippen LogP contribution in [0.4, 0.5) is 5.69 Å². The van der Waals surface area contributed by atoms with Crippen LogP contribution in [0.15, 0.2) is 30.9 Å². The Morgan fingerprint density at radius 1 is 1.55 bits per heavy atom. The van der Waals surface area contributed by atoms with Crippen LogP contribution in [0.2, 0.25) is 0 Å². The summed E-state index contributed by atoms with van der Waals surface area (Å²) in [6.07, 6.45) is 1.81. The van der Waals surface area contributed by atoms with Crippen molar-refractivity contribution in [2.24, 2.45) is 0 Å². The first kappa shape index (κ1) is 16.2. The van der Waals surface area contributed by atoms with Crippen molar-refractivity contribution in [3.63, 3.8) is 0 Å². The Morgan fingerprint density at radius 3 is 2.90 bits per heavy atom. The summed E-state index contributed by atoms with van der Waals surface area (Å²) in [7, 11) is 0. The number of nitrogens with zero attached hydrogens (tertiary/aromatic N) is 1. The predicted molar refractivity (Wildman–Crippen MR) is 79.3 cm³/mol. The summed E-state index contributed by atoms with van der Waals surface area (Å²) in [6, 6.07) is 4.28. The maximum absolute atomic E-state index is 11.2. The van der Waals surface area contributed by atoms with Crippen molar-refractivity contribution >= 4 is 23.4 Å². The van der Waals surface area contributed by atoms with Gasteiger partial charge < -0.3 is 10.4 Å². The molecular formula is C13H16N2O4S. The highest BCUT2D eigenvalue weighted by molar-refractivity contribution is 7.99. The maximum atomic E-state index is 11.2. The number of nitro benzene ring substituents is 1. The third kappa shape index (κ3) is 4.67. The predicted octanol–water partition coefficient (Wildman–Crippen LogP) is 2.30. The average molecular weight is 296 g/mol. The SMILES string of the molecule is C=CCSCCNCc1cccc([N+](=O)[O-])c1C(=O)O. The zero-order valence-corrected chi connectivity index (χ0v) is 11.7. The van der Waals surface area contributed by atoms with Crippen LogP contribution in [0, 0.1) is 10.1 Å². The molecule has 0 aliphatic carbocycles. The van der Waals surface area contributed by atoms with E-state index in [0.29, 0.717) is 12.1 Å². The van der Waals surface area contributed by atoms with Crippen molar-refractivity contribution < 1.29 is 14.8 Å². The lowest BCUT2D eigenvalue weighted by Crippen LogP contribution is -2.19. The number of nitrogens with one attached hydrogen (secondary N) is 1. The van der Waals surface area contributed by atoms with E-state index >= 15 is 0 Å². The second-order valence-corrected chi connectivity index (χ2v) is 5.06. The highest BCUT2D eigenvalue weighted by atomic mass is 32.2. The third-order valence-corrected chi connectivity index (χ3v) is 3.48. The van der Waals surface area contributed by atoms with E-state index in [1.54, 1.807) is 17.8 Å². The summed E-state index contributed by atoms with van der Waals surface area (Å²) in [5.74, 6) is 0.442. The second kappa shape index (κ2) is 8.34. The minimum atomic E-state index is -1.28. The van der Waals surface area contributed by atoms with Crippen molar-refractivity contribution in [2.75, 3.05) is 18.1 Å². The van der Waals surface area contributed by atoms with Gasteiger partial charge in [0.15, 0.2) is 0 Å². The summed E-state index contributed by atoms with van der Waals surface area (Å²) in [4.78, 5) is 21.3. The van der Waals surface area contributed by atoms with E-state index < -0.39 is 10.9 Å². The van der Waals surface area contributed by atoms with Crippen LogP contribution in [0.1, 0.15) is 15.9 Å². The minimum Gasteiger partial charge on any atom is -0.477 e. The molecule has 1 rings (SSSR count). The smallest absolute Gasteiger partial charge is 0.343 e. The highest BCUT2D eigenvalue weighted by Gasteiger charge is 2.22. The van der Waals surface area contributed by atoms with E-state index in [-0.39, 0.29) is 17.8 Å². The second-order valence-electron chi connectivity index (χ2n) is 3.91. The molecule has 6 nitrogen and oxygen atoms in total. The zero-order valence-electron chi connectivity index (χ0n) is 10.9. The lowest BCUT2D eigenvalue weighted by Gasteiger charge is -2.08. The first-order chi connectivity index (χ1) is 9.57. The zero-order chi connectivity index (χ0) is 15.0. The topological polar surface area (TPSA) is 92.5 Å². The number of carboxylic acids is 1. The number of aromatic carboxylic acids is 1. The van der Waals surface area contributed by atoms with Gasteiger partial charge in [-0.05, 0) is 5.56 Å². The van der Waals surface area contributed by atoms with E-state index in [1.165, 1.54) is 12.1 Å². The Morgan fingerprint density at radius 2 is 2.30 bits per heavy atom. The molecule has 0 heterocycles. The highest BCUT2D eigenvalue weighted by Crippen LogP contribution is 2.22. The summed E-state index contributed by atoms with van der Waals surface area (Å²) in [6.45, 7) is 4.60. The van der Waals surface area contributed by atoms with Gasteiger partial charge in [-0.1, -0.05) is 18.2 Å². The molecule has 0 bridgehead atoms. The van der Waals surface area contributed by atoms with Crippen LogP contribution in [0.5, 0.6) is 0 Å². The molecule has 1 aromatic carbocycles. The molecule has 0 saturated heterocycles. The summed E-state index contributed by atoms with van der Waals surface area (Å²) >= 11 is 1.70. The average Bonchev–Trinajstić information content (AvgIpc) is 2.42. The number of hydrogen-bond donors (Lipinski definition) is 2. The van der Waals surface area contributed by atoms with E-state index in [4.69, 9.17) is 5.11 Å². The number of hydrogen-bond acceptors (Lipinski definition) is 5. The molecule has 7 heteroatoms. The Balaban J connectivity index is 2.70. The van der Waals surface area contributed by atoms with Crippen molar-refractivity contribution in [1.82, 2.24) is 5.32 Å². The number of benzene rings is 1. The van der Waals surface area contributed by atoms with E-state index in [1.807, 2.05) is 6.08 Å². The fourth-order valence-electron chi connectivity index (χ4n) is 1.67. The summed E-state index contributed by atoms with van der Waals surface area (Å²) in [5.41, 5.74) is -0.206. The van der Waals surface area contributed by atoms with Crippen molar-refractivity contribution in [3.05, 3.63) is 52.1 Å². The molecule has 108 valence electrons. The molecule has 0 amide bonds. The molecule has 1 aromatic rings. The Labute approximate surface area is 121 Å². The molecule has 0 spiro atoms. The van der Waals surface area contributed by atoms with Crippen LogP contribution < -0.4 is 5.32 Å². The minimum absolute atomic E-state index is 0.247. The van der Waals surface area contributed by atoms with Gasteiger partial charge in [-0.3, -0.25) is 10.1 Å². The molecule has 0 unspecified atom stereocenters. The number of carbonyl (C=O) groups is 1. The lowest BCUT2D eigenvalue weighted by atomic mass is 10.1. The number of nitro groups is 1. The van der Waals surface area contributed by atoms with E-state index in [9.17, 15) is 14.9 Å². The third-order valence-electron chi connectivity index (χ3n) is 2.51. The quantitative estimate of drug-likeness (QED) is 0.314. The fourth-order valence-corrected chi connectivity index (χ4v) is 2.29. The van der Waals surface area contributed by atoms with Gasteiger partial charge in [0.05, 0.1) is 4.92 Å². The van der Waals surface area contributed by atoms with Crippen LogP contribution in [-0.2, 0) is 6.54 Å². The van der Waals surface area contributed by atoms with Crippen LogP contribution in [0.3, 0.4) is 0 Å². The number of thioether (sulfide) groups is 1. The van der Waals surface area contributed by atoms with E-state index in [0.717, 1.165) is 11.5 Å². The van der Waals surface area contributed by atoms with E-state index in [2.05, 4.69) is 11.9 Å². The van der Waals surface area contributed by atoms with Gasteiger partial charge >= 0.3 is 5.97 Å². The van der Waals surface area contributed by atoms with Crippen molar-refractivity contribution in [2.45, 2.75) is 6.54 Å². The molecule has 0 fully saturated rings. The maximum Gasteiger partial charge on any atom is 0.343 e. The monoisotopic (exact) mass is 296 g/mol.